The lowest BCUT2D eigenvalue weighted by atomic mass is 10.0. The van der Waals surface area contributed by atoms with Crippen molar-refractivity contribution in [3.05, 3.63) is 40.7 Å². The molecule has 0 atom stereocenters. The minimum atomic E-state index is 0.163. The Morgan fingerprint density at radius 3 is 2.18 bits per heavy atom. The molecule has 0 spiro atoms. The summed E-state index contributed by atoms with van der Waals surface area (Å²) in [6, 6.07) is 6.25. The van der Waals surface area contributed by atoms with Gasteiger partial charge in [-0.25, -0.2) is 0 Å². The van der Waals surface area contributed by atoms with Crippen molar-refractivity contribution in [3.63, 3.8) is 0 Å². The number of hydrogen-bond acceptors (Lipinski definition) is 5. The molecule has 0 bridgehead atoms. The number of anilines is 2. The van der Waals surface area contributed by atoms with Crippen LogP contribution in [-0.2, 0) is 6.42 Å². The standard InChI is InChI=1S/C12H15N5/c1-7-3-4-9(5-8(7)2)6-10-15-11(13)17-12(14)16-10/h3-5H,6H2,1-2H3,(H4,13,14,15,16,17). The number of hydrogen-bond donors (Lipinski definition) is 2. The molecule has 1 heterocycles. The third-order valence-electron chi connectivity index (χ3n) is 2.65. The number of nitrogens with two attached hydrogens (primary N) is 2. The SMILES string of the molecule is Cc1ccc(Cc2nc(N)nc(N)n2)cc1C. The van der Waals surface area contributed by atoms with Crippen molar-refractivity contribution in [2.24, 2.45) is 0 Å². The normalized spacial score (nSPS) is 10.5. The molecule has 0 amide bonds. The second kappa shape index (κ2) is 4.37. The fourth-order valence-corrected chi connectivity index (χ4v) is 1.63. The van der Waals surface area contributed by atoms with E-state index in [2.05, 4.69) is 47.0 Å². The van der Waals surface area contributed by atoms with Gasteiger partial charge in [0, 0.05) is 6.42 Å². The molecule has 2 aromatic rings. The third-order valence-corrected chi connectivity index (χ3v) is 2.65. The zero-order valence-electron chi connectivity index (χ0n) is 9.94. The van der Waals surface area contributed by atoms with Crippen molar-refractivity contribution >= 4 is 11.9 Å². The van der Waals surface area contributed by atoms with E-state index in [-0.39, 0.29) is 11.9 Å². The highest BCUT2D eigenvalue weighted by molar-refractivity contribution is 5.33. The Kier molecular flexibility index (Phi) is 2.91. The highest BCUT2D eigenvalue weighted by Crippen LogP contribution is 2.13. The van der Waals surface area contributed by atoms with Gasteiger partial charge in [0.1, 0.15) is 5.82 Å². The number of nitrogen functional groups attached to an aromatic ring is 2. The Bertz CT molecular complexity index is 530. The van der Waals surface area contributed by atoms with Crippen LogP contribution in [0.15, 0.2) is 18.2 Å². The molecule has 0 radical (unpaired) electrons. The van der Waals surface area contributed by atoms with E-state index >= 15 is 0 Å². The van der Waals surface area contributed by atoms with Gasteiger partial charge >= 0.3 is 0 Å². The Hall–Kier alpha value is -2.17. The Balaban J connectivity index is 2.28. The molecule has 0 saturated heterocycles. The van der Waals surface area contributed by atoms with Gasteiger partial charge < -0.3 is 11.5 Å². The number of aryl methyl sites for hydroxylation is 2. The molecule has 5 heteroatoms. The molecule has 1 aromatic heterocycles. The molecule has 0 aliphatic rings. The quantitative estimate of drug-likeness (QED) is 0.808. The summed E-state index contributed by atoms with van der Waals surface area (Å²) < 4.78 is 0. The molecule has 5 nitrogen and oxygen atoms in total. The van der Waals surface area contributed by atoms with Crippen LogP contribution in [0.25, 0.3) is 0 Å². The molecule has 1 aromatic carbocycles. The van der Waals surface area contributed by atoms with Crippen molar-refractivity contribution in [1.82, 2.24) is 15.0 Å². The van der Waals surface area contributed by atoms with Gasteiger partial charge in [0.05, 0.1) is 0 Å². The molecular weight excluding hydrogens is 214 g/mol. The first-order chi connectivity index (χ1) is 8.04. The summed E-state index contributed by atoms with van der Waals surface area (Å²) in [6.45, 7) is 4.16. The van der Waals surface area contributed by atoms with E-state index in [1.165, 1.54) is 11.1 Å². The molecular formula is C12H15N5. The molecule has 88 valence electrons. The highest BCUT2D eigenvalue weighted by atomic mass is 15.1. The zero-order valence-corrected chi connectivity index (χ0v) is 9.94. The summed E-state index contributed by atoms with van der Waals surface area (Å²) in [5, 5.41) is 0. The summed E-state index contributed by atoms with van der Waals surface area (Å²) in [7, 11) is 0. The smallest absolute Gasteiger partial charge is 0.225 e. The van der Waals surface area contributed by atoms with E-state index in [0.717, 1.165) is 5.56 Å². The van der Waals surface area contributed by atoms with Crippen molar-refractivity contribution in [2.45, 2.75) is 20.3 Å². The second-order valence-electron chi connectivity index (χ2n) is 4.06. The molecule has 4 N–H and O–H groups in total. The van der Waals surface area contributed by atoms with Crippen molar-refractivity contribution in [2.75, 3.05) is 11.5 Å². The van der Waals surface area contributed by atoms with Gasteiger partial charge in [0.2, 0.25) is 11.9 Å². The van der Waals surface area contributed by atoms with Gasteiger partial charge in [-0.3, -0.25) is 0 Å². The average molecular weight is 229 g/mol. The van der Waals surface area contributed by atoms with E-state index in [9.17, 15) is 0 Å². The van der Waals surface area contributed by atoms with E-state index in [0.29, 0.717) is 12.2 Å². The summed E-state index contributed by atoms with van der Waals surface area (Å²) in [5.74, 6) is 0.922. The fraction of sp³-hybridized carbons (Fsp3) is 0.250. The van der Waals surface area contributed by atoms with Crippen LogP contribution in [0.4, 0.5) is 11.9 Å². The number of aromatic nitrogens is 3. The lowest BCUT2D eigenvalue weighted by Crippen LogP contribution is -2.07. The number of nitrogens with zero attached hydrogens (tertiary/aromatic N) is 3. The van der Waals surface area contributed by atoms with E-state index in [1.807, 2.05) is 0 Å². The summed E-state index contributed by atoms with van der Waals surface area (Å²) in [5.41, 5.74) is 14.7. The zero-order chi connectivity index (χ0) is 12.4. The Labute approximate surface area is 99.9 Å². The first kappa shape index (κ1) is 11.3. The van der Waals surface area contributed by atoms with Crippen LogP contribution in [0.3, 0.4) is 0 Å². The maximum Gasteiger partial charge on any atom is 0.225 e. The van der Waals surface area contributed by atoms with Gasteiger partial charge in [-0.2, -0.15) is 15.0 Å². The van der Waals surface area contributed by atoms with Crippen LogP contribution in [0.1, 0.15) is 22.5 Å². The van der Waals surface area contributed by atoms with Crippen LogP contribution < -0.4 is 11.5 Å². The molecule has 2 rings (SSSR count). The predicted octanol–water partition coefficient (Wildman–Crippen LogP) is 1.24. The molecule has 0 unspecified atom stereocenters. The van der Waals surface area contributed by atoms with Gasteiger partial charge in [-0.1, -0.05) is 18.2 Å². The lowest BCUT2D eigenvalue weighted by molar-refractivity contribution is 0.938. The lowest BCUT2D eigenvalue weighted by Gasteiger charge is -2.05. The monoisotopic (exact) mass is 229 g/mol. The molecule has 0 aliphatic heterocycles. The minimum absolute atomic E-state index is 0.163. The topological polar surface area (TPSA) is 90.7 Å². The van der Waals surface area contributed by atoms with Crippen molar-refractivity contribution in [3.8, 4) is 0 Å². The predicted molar refractivity (Wildman–Crippen MR) is 67.4 cm³/mol. The first-order valence-corrected chi connectivity index (χ1v) is 5.36. The Morgan fingerprint density at radius 2 is 1.59 bits per heavy atom. The van der Waals surface area contributed by atoms with Crippen molar-refractivity contribution in [1.29, 1.82) is 0 Å². The van der Waals surface area contributed by atoms with Crippen LogP contribution in [0.5, 0.6) is 0 Å². The maximum atomic E-state index is 5.52. The van der Waals surface area contributed by atoms with E-state index < -0.39 is 0 Å². The molecule has 17 heavy (non-hydrogen) atoms. The van der Waals surface area contributed by atoms with Gasteiger partial charge in [0.25, 0.3) is 0 Å². The van der Waals surface area contributed by atoms with Crippen LogP contribution in [0, 0.1) is 13.8 Å². The van der Waals surface area contributed by atoms with Crippen LogP contribution >= 0.6 is 0 Å². The average Bonchev–Trinajstić information content (AvgIpc) is 2.22. The first-order valence-electron chi connectivity index (χ1n) is 5.36. The third kappa shape index (κ3) is 2.69. The maximum absolute atomic E-state index is 5.52. The summed E-state index contributed by atoms with van der Waals surface area (Å²) in [4.78, 5) is 11.9. The van der Waals surface area contributed by atoms with Gasteiger partial charge in [-0.05, 0) is 30.5 Å². The van der Waals surface area contributed by atoms with Gasteiger partial charge in [-0.15, -0.1) is 0 Å². The van der Waals surface area contributed by atoms with Gasteiger partial charge in [0.15, 0.2) is 0 Å². The second-order valence-corrected chi connectivity index (χ2v) is 4.06. The van der Waals surface area contributed by atoms with E-state index in [4.69, 9.17) is 11.5 Å². The largest absolute Gasteiger partial charge is 0.368 e. The summed E-state index contributed by atoms with van der Waals surface area (Å²) in [6.07, 6.45) is 0.609. The minimum Gasteiger partial charge on any atom is -0.368 e. The highest BCUT2D eigenvalue weighted by Gasteiger charge is 2.04. The van der Waals surface area contributed by atoms with Crippen molar-refractivity contribution < 1.29 is 0 Å². The van der Waals surface area contributed by atoms with Crippen LogP contribution in [0.2, 0.25) is 0 Å². The summed E-state index contributed by atoms with van der Waals surface area (Å²) >= 11 is 0. The Morgan fingerprint density at radius 1 is 0.941 bits per heavy atom. The molecule has 0 fully saturated rings. The molecule has 0 saturated carbocycles. The molecule has 0 aliphatic carbocycles. The fourth-order valence-electron chi connectivity index (χ4n) is 1.63. The number of rotatable bonds is 2. The van der Waals surface area contributed by atoms with E-state index in [1.54, 1.807) is 0 Å². The number of benzene rings is 1. The van der Waals surface area contributed by atoms with Crippen LogP contribution in [-0.4, -0.2) is 15.0 Å².